The lowest BCUT2D eigenvalue weighted by Crippen LogP contribution is -1.96. The molecule has 0 unspecified atom stereocenters. The molecule has 0 aliphatic rings. The Hall–Kier alpha value is -2.30. The molecule has 2 nitrogen and oxygen atoms in total. The zero-order valence-corrected chi connectivity index (χ0v) is 17.1. The van der Waals surface area contributed by atoms with Crippen LogP contribution in [0.5, 0.6) is 0 Å². The molecule has 0 bridgehead atoms. The fourth-order valence-corrected chi connectivity index (χ4v) is 4.08. The molecule has 0 saturated carbocycles. The third-order valence-corrected chi connectivity index (χ3v) is 5.98. The van der Waals surface area contributed by atoms with Crippen molar-refractivity contribution < 1.29 is 0 Å². The summed E-state index contributed by atoms with van der Waals surface area (Å²) in [6, 6.07) is 7.92. The second kappa shape index (κ2) is 8.88. The summed E-state index contributed by atoms with van der Waals surface area (Å²) in [4.78, 5) is 3.20. The molecule has 3 N–H and O–H groups in total. The van der Waals surface area contributed by atoms with Crippen molar-refractivity contribution in [3.63, 3.8) is 0 Å². The molecule has 134 valence electrons. The van der Waals surface area contributed by atoms with Crippen LogP contribution in [-0.4, -0.2) is 6.21 Å². The molecule has 0 radical (unpaired) electrons. The summed E-state index contributed by atoms with van der Waals surface area (Å²) in [6.45, 7) is 14.4. The van der Waals surface area contributed by atoms with Gasteiger partial charge in [0.2, 0.25) is 0 Å². The van der Waals surface area contributed by atoms with Gasteiger partial charge in [-0.3, -0.25) is 0 Å². The molecule has 1 aromatic carbocycles. The van der Waals surface area contributed by atoms with Gasteiger partial charge < -0.3 is 11.1 Å². The molecule has 4 heteroatoms. The highest BCUT2D eigenvalue weighted by Gasteiger charge is 2.17. The number of hydrogen-bond donors (Lipinski definition) is 2. The molecular weight excluding hydrogens is 356 g/mol. The molecule has 0 aliphatic heterocycles. The number of rotatable bonds is 7. The number of nitrogens with one attached hydrogen (secondary N) is 1. The fraction of sp³-hybridized carbons (Fsp3) is 0.136. The Morgan fingerprint density at radius 2 is 1.81 bits per heavy atom. The maximum absolute atomic E-state index is 7.40. The standard InChI is InChI=1S/C22H24N2S2/c1-6-11-25-15(3)14(2)12-20(19-9-7-18(13-23)8-10-19)21-16(4)26-17(5)22(21)24/h6-13,23H,2-3,24H2,1,4-5H3/b11-6-,20-12-,23-13?. The van der Waals surface area contributed by atoms with Crippen LogP contribution in [0.1, 0.15) is 33.4 Å². The Labute approximate surface area is 164 Å². The highest BCUT2D eigenvalue weighted by Crippen LogP contribution is 2.39. The van der Waals surface area contributed by atoms with Gasteiger partial charge >= 0.3 is 0 Å². The van der Waals surface area contributed by atoms with Crippen molar-refractivity contribution in [3.05, 3.63) is 91.9 Å². The third kappa shape index (κ3) is 4.45. The minimum atomic E-state index is 0.814. The molecular formula is C22H24N2S2. The number of aryl methyl sites for hydroxylation is 2. The zero-order valence-electron chi connectivity index (χ0n) is 15.4. The molecule has 0 atom stereocenters. The summed E-state index contributed by atoms with van der Waals surface area (Å²) in [5, 5.41) is 9.39. The first kappa shape index (κ1) is 20.0. The molecule has 1 heterocycles. The van der Waals surface area contributed by atoms with Crippen LogP contribution in [0.15, 0.2) is 65.5 Å². The van der Waals surface area contributed by atoms with E-state index in [1.165, 1.54) is 11.1 Å². The monoisotopic (exact) mass is 380 g/mol. The molecule has 2 aromatic rings. The van der Waals surface area contributed by atoms with E-state index in [-0.39, 0.29) is 0 Å². The van der Waals surface area contributed by atoms with Crippen molar-refractivity contribution in [2.24, 2.45) is 0 Å². The molecule has 2 rings (SSSR count). The van der Waals surface area contributed by atoms with E-state index in [9.17, 15) is 0 Å². The van der Waals surface area contributed by atoms with Gasteiger partial charge in [0.1, 0.15) is 0 Å². The summed E-state index contributed by atoms with van der Waals surface area (Å²) >= 11 is 3.26. The van der Waals surface area contributed by atoms with Crippen LogP contribution in [0, 0.1) is 19.3 Å². The number of thioether (sulfide) groups is 1. The Kier molecular flexibility index (Phi) is 6.83. The summed E-state index contributed by atoms with van der Waals surface area (Å²) < 4.78 is 0. The average Bonchev–Trinajstić information content (AvgIpc) is 2.89. The third-order valence-electron chi connectivity index (χ3n) is 3.99. The lowest BCUT2D eigenvalue weighted by molar-refractivity contribution is 1.48. The van der Waals surface area contributed by atoms with E-state index < -0.39 is 0 Å². The fourth-order valence-electron chi connectivity index (χ4n) is 2.58. The highest BCUT2D eigenvalue weighted by molar-refractivity contribution is 8.06. The molecule has 0 fully saturated rings. The molecule has 0 saturated heterocycles. The van der Waals surface area contributed by atoms with E-state index in [2.05, 4.69) is 26.2 Å². The van der Waals surface area contributed by atoms with E-state index in [0.29, 0.717) is 0 Å². The van der Waals surface area contributed by atoms with Crippen LogP contribution in [0.2, 0.25) is 0 Å². The van der Waals surface area contributed by atoms with Gasteiger partial charge in [0.25, 0.3) is 0 Å². The number of nitrogens with two attached hydrogens (primary N) is 1. The van der Waals surface area contributed by atoms with Crippen LogP contribution in [-0.2, 0) is 0 Å². The van der Waals surface area contributed by atoms with Crippen molar-refractivity contribution in [2.45, 2.75) is 20.8 Å². The van der Waals surface area contributed by atoms with E-state index in [4.69, 9.17) is 11.1 Å². The lowest BCUT2D eigenvalue weighted by Gasteiger charge is -2.12. The topological polar surface area (TPSA) is 49.9 Å². The molecule has 1 aromatic heterocycles. The number of anilines is 1. The second-order valence-electron chi connectivity index (χ2n) is 5.86. The minimum Gasteiger partial charge on any atom is -0.397 e. The van der Waals surface area contributed by atoms with Crippen LogP contribution >= 0.6 is 23.1 Å². The lowest BCUT2D eigenvalue weighted by atomic mass is 9.94. The Morgan fingerprint density at radius 3 is 2.31 bits per heavy atom. The van der Waals surface area contributed by atoms with Crippen LogP contribution in [0.4, 0.5) is 5.69 Å². The first-order chi connectivity index (χ1) is 12.4. The van der Waals surface area contributed by atoms with Gasteiger partial charge in [0.15, 0.2) is 0 Å². The first-order valence-corrected chi connectivity index (χ1v) is 9.93. The molecule has 26 heavy (non-hydrogen) atoms. The number of allylic oxidation sites excluding steroid dienone is 3. The predicted molar refractivity (Wildman–Crippen MR) is 120 cm³/mol. The van der Waals surface area contributed by atoms with Gasteiger partial charge in [0.05, 0.1) is 5.69 Å². The maximum Gasteiger partial charge on any atom is 0.0535 e. The van der Waals surface area contributed by atoms with Gasteiger partial charge in [-0.1, -0.05) is 55.3 Å². The number of benzene rings is 1. The summed E-state index contributed by atoms with van der Waals surface area (Å²) in [5.41, 5.74) is 12.1. The predicted octanol–water partition coefficient (Wildman–Crippen LogP) is 6.71. The maximum atomic E-state index is 7.40. The van der Waals surface area contributed by atoms with Gasteiger partial charge in [-0.25, -0.2) is 0 Å². The zero-order chi connectivity index (χ0) is 19.3. The minimum absolute atomic E-state index is 0.814. The van der Waals surface area contributed by atoms with Gasteiger partial charge in [0, 0.05) is 26.4 Å². The van der Waals surface area contributed by atoms with E-state index in [1.807, 2.05) is 49.6 Å². The SMILES string of the molecule is C=C(/C=C(/c1ccc(C=N)cc1)c1c(C)sc(C)c1N)C(=C)S/C=C\C. The Bertz CT molecular complexity index is 897. The van der Waals surface area contributed by atoms with E-state index in [1.54, 1.807) is 23.1 Å². The Balaban J connectivity index is 2.57. The highest BCUT2D eigenvalue weighted by atomic mass is 32.2. The molecule has 0 spiro atoms. The normalized spacial score (nSPS) is 11.7. The van der Waals surface area contributed by atoms with Gasteiger partial charge in [-0.15, -0.1) is 11.3 Å². The van der Waals surface area contributed by atoms with Crippen molar-refractivity contribution in [3.8, 4) is 0 Å². The van der Waals surface area contributed by atoms with E-state index >= 15 is 0 Å². The van der Waals surface area contributed by atoms with E-state index in [0.717, 1.165) is 43.3 Å². The smallest absolute Gasteiger partial charge is 0.0535 e. The van der Waals surface area contributed by atoms with Crippen LogP contribution < -0.4 is 5.73 Å². The number of nitrogen functional groups attached to an aromatic ring is 1. The quantitative estimate of drug-likeness (QED) is 0.414. The average molecular weight is 381 g/mol. The number of thiophene rings is 1. The summed E-state index contributed by atoms with van der Waals surface area (Å²) in [7, 11) is 0. The van der Waals surface area contributed by atoms with Gasteiger partial charge in [-0.05, 0) is 54.5 Å². The summed E-state index contributed by atoms with van der Waals surface area (Å²) in [5.74, 6) is 0. The van der Waals surface area contributed by atoms with Crippen LogP contribution in [0.3, 0.4) is 0 Å². The molecule has 0 amide bonds. The largest absolute Gasteiger partial charge is 0.397 e. The number of hydrogen-bond acceptors (Lipinski definition) is 4. The molecule has 0 aliphatic carbocycles. The van der Waals surface area contributed by atoms with Gasteiger partial charge in [-0.2, -0.15) is 0 Å². The van der Waals surface area contributed by atoms with Crippen molar-refractivity contribution in [1.29, 1.82) is 5.41 Å². The van der Waals surface area contributed by atoms with Crippen LogP contribution in [0.25, 0.3) is 5.57 Å². The van der Waals surface area contributed by atoms with Crippen molar-refractivity contribution >= 4 is 40.6 Å². The second-order valence-corrected chi connectivity index (χ2v) is 8.29. The van der Waals surface area contributed by atoms with Crippen molar-refractivity contribution in [2.75, 3.05) is 5.73 Å². The Morgan fingerprint density at radius 1 is 1.15 bits per heavy atom. The van der Waals surface area contributed by atoms with Crippen molar-refractivity contribution in [1.82, 2.24) is 0 Å². The first-order valence-electron chi connectivity index (χ1n) is 8.23. The summed E-state index contributed by atoms with van der Waals surface area (Å²) in [6.07, 6.45) is 5.38.